The van der Waals surface area contributed by atoms with Gasteiger partial charge in [-0.15, -0.1) is 23.5 Å². The van der Waals surface area contributed by atoms with Gasteiger partial charge in [-0.05, 0) is 61.6 Å². The van der Waals surface area contributed by atoms with Crippen LogP contribution in [-0.2, 0) is 14.3 Å². The Hall–Kier alpha value is -2.52. The number of carbonyl (C=O) groups is 2. The molecule has 7 nitrogen and oxygen atoms in total. The third kappa shape index (κ3) is 8.08. The second-order valence-electron chi connectivity index (χ2n) is 7.02. The number of nitrogens with one attached hydrogen (secondary N) is 1. The number of benzene rings is 2. The van der Waals surface area contributed by atoms with Gasteiger partial charge in [-0.2, -0.15) is 0 Å². The predicted octanol–water partition coefficient (Wildman–Crippen LogP) is 4.91. The van der Waals surface area contributed by atoms with Crippen LogP contribution in [-0.4, -0.2) is 49.8 Å². The lowest BCUT2D eigenvalue weighted by atomic mass is 10.2. The predicted molar refractivity (Wildman–Crippen MR) is 133 cm³/mol. The fourth-order valence-corrected chi connectivity index (χ4v) is 5.95. The molecule has 9 heteroatoms. The van der Waals surface area contributed by atoms with Gasteiger partial charge < -0.3 is 24.3 Å². The van der Waals surface area contributed by atoms with Crippen LogP contribution >= 0.6 is 23.5 Å². The highest BCUT2D eigenvalue weighted by molar-refractivity contribution is 8.16. The maximum absolute atomic E-state index is 12.2. The van der Waals surface area contributed by atoms with E-state index in [1.54, 1.807) is 18.2 Å². The van der Waals surface area contributed by atoms with Crippen molar-refractivity contribution in [3.8, 4) is 17.2 Å². The first-order chi connectivity index (χ1) is 16.1. The molecule has 0 atom stereocenters. The van der Waals surface area contributed by atoms with Crippen molar-refractivity contribution in [2.45, 2.75) is 24.9 Å². The van der Waals surface area contributed by atoms with E-state index >= 15 is 0 Å². The van der Waals surface area contributed by atoms with Crippen molar-refractivity contribution >= 4 is 41.1 Å². The lowest BCUT2D eigenvalue weighted by molar-refractivity contribution is -0.149. The van der Waals surface area contributed by atoms with Crippen molar-refractivity contribution in [3.63, 3.8) is 0 Å². The summed E-state index contributed by atoms with van der Waals surface area (Å²) in [7, 11) is 0. The third-order valence-corrected chi connectivity index (χ3v) is 7.54. The molecule has 0 aromatic heterocycles. The van der Waals surface area contributed by atoms with E-state index in [0.717, 1.165) is 0 Å². The van der Waals surface area contributed by atoms with Gasteiger partial charge >= 0.3 is 5.97 Å². The maximum atomic E-state index is 12.2. The fourth-order valence-electron chi connectivity index (χ4n) is 3.06. The summed E-state index contributed by atoms with van der Waals surface area (Å²) in [6, 6.07) is 12.9. The molecule has 1 fully saturated rings. The number of esters is 1. The molecule has 0 saturated carbocycles. The van der Waals surface area contributed by atoms with E-state index in [1.807, 2.05) is 61.6 Å². The Labute approximate surface area is 202 Å². The van der Waals surface area contributed by atoms with E-state index in [0.29, 0.717) is 40.7 Å². The lowest BCUT2D eigenvalue weighted by Gasteiger charge is -2.21. The molecular formula is C24H29NO6S2. The second-order valence-corrected chi connectivity index (χ2v) is 9.75. The molecule has 1 aliphatic heterocycles. The summed E-state index contributed by atoms with van der Waals surface area (Å²) in [5, 5.41) is 2.68. The number of thioether (sulfide) groups is 2. The molecule has 0 aliphatic carbocycles. The highest BCUT2D eigenvalue weighted by Gasteiger charge is 2.16. The van der Waals surface area contributed by atoms with E-state index in [1.165, 1.54) is 23.5 Å². The molecule has 0 unspecified atom stereocenters. The number of amides is 1. The summed E-state index contributed by atoms with van der Waals surface area (Å²) >= 11 is 3.91. The third-order valence-electron chi connectivity index (χ3n) is 4.53. The van der Waals surface area contributed by atoms with Gasteiger partial charge in [0.25, 0.3) is 5.91 Å². The quantitative estimate of drug-likeness (QED) is 0.444. The van der Waals surface area contributed by atoms with E-state index in [4.69, 9.17) is 18.9 Å². The fraction of sp³-hybridized carbons (Fsp3) is 0.417. The Kier molecular flexibility index (Phi) is 10.1. The summed E-state index contributed by atoms with van der Waals surface area (Å²) in [5.74, 6) is 3.02. The molecule has 1 saturated heterocycles. The molecule has 33 heavy (non-hydrogen) atoms. The van der Waals surface area contributed by atoms with Crippen LogP contribution in [0.5, 0.6) is 17.2 Å². The van der Waals surface area contributed by atoms with Crippen LogP contribution in [0.1, 0.15) is 30.4 Å². The number of hydrogen-bond acceptors (Lipinski definition) is 8. The van der Waals surface area contributed by atoms with Crippen LogP contribution in [0.15, 0.2) is 42.5 Å². The zero-order valence-corrected chi connectivity index (χ0v) is 20.5. The van der Waals surface area contributed by atoms with Crippen LogP contribution in [0.2, 0.25) is 0 Å². The standard InChI is InChI=1S/C24H29NO6S2/c1-3-28-20-11-8-18(14-21(20)29-4-2)25-22(26)15-31-23(27)16-30-19-9-6-17(7-10-19)24-32-12-5-13-33-24/h6-11,14,24H,3-5,12-13,15-16H2,1-2H3,(H,25,26). The lowest BCUT2D eigenvalue weighted by Crippen LogP contribution is -2.23. The zero-order chi connectivity index (χ0) is 23.5. The van der Waals surface area contributed by atoms with Gasteiger partial charge in [0.15, 0.2) is 24.7 Å². The van der Waals surface area contributed by atoms with Gasteiger partial charge in [-0.3, -0.25) is 4.79 Å². The highest BCUT2D eigenvalue weighted by Crippen LogP contribution is 2.43. The summed E-state index contributed by atoms with van der Waals surface area (Å²) in [6.07, 6.45) is 1.25. The van der Waals surface area contributed by atoms with Crippen molar-refractivity contribution in [2.75, 3.05) is 43.3 Å². The molecule has 3 rings (SSSR count). The van der Waals surface area contributed by atoms with E-state index in [-0.39, 0.29) is 6.61 Å². The first-order valence-electron chi connectivity index (χ1n) is 10.9. The van der Waals surface area contributed by atoms with Gasteiger partial charge in [0.2, 0.25) is 0 Å². The van der Waals surface area contributed by atoms with Crippen molar-refractivity contribution in [3.05, 3.63) is 48.0 Å². The van der Waals surface area contributed by atoms with Gasteiger partial charge in [-0.25, -0.2) is 4.79 Å². The molecule has 2 aromatic carbocycles. The van der Waals surface area contributed by atoms with Crippen LogP contribution in [0.4, 0.5) is 5.69 Å². The first-order valence-corrected chi connectivity index (χ1v) is 13.0. The number of carbonyl (C=O) groups excluding carboxylic acids is 2. The molecule has 2 aromatic rings. The molecule has 178 valence electrons. The Balaban J connectivity index is 1.41. The molecule has 0 radical (unpaired) electrons. The Morgan fingerprint density at radius 1 is 0.909 bits per heavy atom. The van der Waals surface area contributed by atoms with E-state index < -0.39 is 18.5 Å². The van der Waals surface area contributed by atoms with Crippen LogP contribution in [0.25, 0.3) is 0 Å². The second kappa shape index (κ2) is 13.3. The summed E-state index contributed by atoms with van der Waals surface area (Å²) in [6.45, 7) is 4.05. The number of ether oxygens (including phenoxy) is 4. The molecule has 0 bridgehead atoms. The van der Waals surface area contributed by atoms with Crippen molar-refractivity contribution in [1.82, 2.24) is 0 Å². The molecule has 1 amide bonds. The summed E-state index contributed by atoms with van der Waals surface area (Å²) in [5.41, 5.74) is 1.77. The minimum atomic E-state index is -0.616. The average molecular weight is 492 g/mol. The largest absolute Gasteiger partial charge is 0.490 e. The van der Waals surface area contributed by atoms with Crippen LogP contribution < -0.4 is 19.5 Å². The maximum Gasteiger partial charge on any atom is 0.344 e. The summed E-state index contributed by atoms with van der Waals surface area (Å²) < 4.78 is 22.0. The Morgan fingerprint density at radius 2 is 1.61 bits per heavy atom. The average Bonchev–Trinajstić information content (AvgIpc) is 2.84. The van der Waals surface area contributed by atoms with E-state index in [9.17, 15) is 9.59 Å². The number of hydrogen-bond donors (Lipinski definition) is 1. The molecule has 1 N–H and O–H groups in total. The first kappa shape index (κ1) is 25.1. The molecular weight excluding hydrogens is 462 g/mol. The van der Waals surface area contributed by atoms with Gasteiger partial charge in [0.1, 0.15) is 5.75 Å². The monoisotopic (exact) mass is 491 g/mol. The number of rotatable bonds is 11. The number of anilines is 1. The SMILES string of the molecule is CCOc1ccc(NC(=O)COC(=O)COc2ccc(C3SCCCS3)cc2)cc1OCC. The minimum Gasteiger partial charge on any atom is -0.490 e. The topological polar surface area (TPSA) is 83.1 Å². The Morgan fingerprint density at radius 3 is 2.30 bits per heavy atom. The zero-order valence-electron chi connectivity index (χ0n) is 18.8. The smallest absolute Gasteiger partial charge is 0.344 e. The summed E-state index contributed by atoms with van der Waals surface area (Å²) in [4.78, 5) is 24.1. The Bertz CT molecular complexity index is 916. The van der Waals surface area contributed by atoms with Crippen molar-refractivity contribution in [2.24, 2.45) is 0 Å². The van der Waals surface area contributed by atoms with Crippen LogP contribution in [0.3, 0.4) is 0 Å². The highest BCUT2D eigenvalue weighted by atomic mass is 32.2. The minimum absolute atomic E-state index is 0.267. The molecule has 0 spiro atoms. The van der Waals surface area contributed by atoms with E-state index in [2.05, 4.69) is 5.32 Å². The van der Waals surface area contributed by atoms with Crippen molar-refractivity contribution in [1.29, 1.82) is 0 Å². The molecule has 1 heterocycles. The van der Waals surface area contributed by atoms with Crippen LogP contribution in [0, 0.1) is 0 Å². The van der Waals surface area contributed by atoms with Gasteiger partial charge in [0.05, 0.1) is 17.8 Å². The van der Waals surface area contributed by atoms with Gasteiger partial charge in [-0.1, -0.05) is 12.1 Å². The van der Waals surface area contributed by atoms with Crippen molar-refractivity contribution < 1.29 is 28.5 Å². The van der Waals surface area contributed by atoms with Gasteiger partial charge in [0, 0.05) is 11.8 Å². The molecule has 1 aliphatic rings. The normalized spacial score (nSPS) is 13.8.